The summed E-state index contributed by atoms with van der Waals surface area (Å²) < 4.78 is 0. The van der Waals surface area contributed by atoms with Gasteiger partial charge in [0.15, 0.2) is 7.75 Å². The average Bonchev–Trinajstić information content (AvgIpc) is 2.20. The van der Waals surface area contributed by atoms with Crippen LogP contribution in [0, 0.1) is 0 Å². The summed E-state index contributed by atoms with van der Waals surface area (Å²) >= 11 is 0. The molecule has 0 fully saturated rings. The summed E-state index contributed by atoms with van der Waals surface area (Å²) in [5, 5.41) is 0. The van der Waals surface area contributed by atoms with E-state index in [1.165, 1.54) is 0 Å². The summed E-state index contributed by atoms with van der Waals surface area (Å²) in [7, 11) is -1.48. The lowest BCUT2D eigenvalue weighted by Crippen LogP contribution is -2.65. The Bertz CT molecular complexity index is 217. The van der Waals surface area contributed by atoms with E-state index in [0.717, 1.165) is 0 Å². The van der Waals surface area contributed by atoms with Crippen molar-refractivity contribution in [3.63, 3.8) is 0 Å². The maximum Gasteiger partial charge on any atom is 0.170 e. The standard InChI is InChI=1S/C10H19NSi2/c1-7-12(6,8-2)13(9-3,10-4)11-5/h7-11H,1-4H2,5-6H3. The Kier molecular flexibility index (Phi) is 4.32. The van der Waals surface area contributed by atoms with Crippen LogP contribution in [0.4, 0.5) is 0 Å². The third-order valence-electron chi connectivity index (χ3n) is 2.80. The lowest BCUT2D eigenvalue weighted by Gasteiger charge is -2.36. The van der Waals surface area contributed by atoms with Crippen molar-refractivity contribution in [3.8, 4) is 0 Å². The fourth-order valence-electron chi connectivity index (χ4n) is 1.42. The van der Waals surface area contributed by atoms with Crippen molar-refractivity contribution in [2.45, 2.75) is 6.55 Å². The van der Waals surface area contributed by atoms with Gasteiger partial charge in [-0.15, -0.1) is 26.3 Å². The molecule has 0 aromatic rings. The average molecular weight is 209 g/mol. The van der Waals surface area contributed by atoms with Gasteiger partial charge in [-0.1, -0.05) is 29.3 Å². The van der Waals surface area contributed by atoms with Crippen LogP contribution in [0.2, 0.25) is 6.55 Å². The molecular formula is C10H19NSi2. The molecule has 0 radical (unpaired) electrons. The molecule has 1 nitrogen and oxygen atoms in total. The monoisotopic (exact) mass is 209 g/mol. The Balaban J connectivity index is 5.35. The molecule has 3 heteroatoms. The van der Waals surface area contributed by atoms with Crippen LogP contribution < -0.4 is 4.98 Å². The molecule has 0 bridgehead atoms. The summed E-state index contributed by atoms with van der Waals surface area (Å²) in [6.07, 6.45) is 0. The van der Waals surface area contributed by atoms with Gasteiger partial charge in [-0.05, 0) is 7.05 Å². The summed E-state index contributed by atoms with van der Waals surface area (Å²) in [4.78, 5) is 3.38. The normalized spacial score (nSPS) is 11.8. The smallest absolute Gasteiger partial charge is 0.170 e. The highest BCUT2D eigenvalue weighted by Gasteiger charge is 2.43. The molecule has 1 N–H and O–H groups in total. The van der Waals surface area contributed by atoms with Crippen LogP contribution >= 0.6 is 0 Å². The molecule has 0 aromatic carbocycles. The van der Waals surface area contributed by atoms with Gasteiger partial charge in [0.05, 0.1) is 0 Å². The first kappa shape index (κ1) is 12.4. The maximum absolute atomic E-state index is 3.90. The molecule has 0 unspecified atom stereocenters. The van der Waals surface area contributed by atoms with E-state index in [4.69, 9.17) is 0 Å². The fourth-order valence-corrected chi connectivity index (χ4v) is 10.5. The molecule has 0 amide bonds. The van der Waals surface area contributed by atoms with E-state index in [1.54, 1.807) is 0 Å². The molecule has 0 aliphatic carbocycles. The van der Waals surface area contributed by atoms with Crippen LogP contribution in [-0.2, 0) is 0 Å². The number of nitrogens with one attached hydrogen (secondary N) is 1. The van der Waals surface area contributed by atoms with E-state index < -0.39 is 15.3 Å². The molecule has 0 aromatic heterocycles. The number of rotatable bonds is 6. The molecule has 72 valence electrons. The van der Waals surface area contributed by atoms with E-state index in [2.05, 4.69) is 37.8 Å². The van der Waals surface area contributed by atoms with E-state index in [0.29, 0.717) is 0 Å². The summed E-state index contributed by atoms with van der Waals surface area (Å²) in [5.41, 5.74) is 8.14. The zero-order valence-electron chi connectivity index (χ0n) is 8.64. The second-order valence-corrected chi connectivity index (χ2v) is 15.4. The predicted molar refractivity (Wildman–Crippen MR) is 67.2 cm³/mol. The van der Waals surface area contributed by atoms with Gasteiger partial charge in [0, 0.05) is 0 Å². The van der Waals surface area contributed by atoms with Crippen LogP contribution in [0.1, 0.15) is 0 Å². The third kappa shape index (κ3) is 1.82. The van der Waals surface area contributed by atoms with Crippen LogP contribution in [0.25, 0.3) is 0 Å². The lowest BCUT2D eigenvalue weighted by molar-refractivity contribution is 1.21. The molecular weight excluding hydrogens is 190 g/mol. The fraction of sp³-hybridized carbons (Fsp3) is 0.200. The molecule has 0 rings (SSSR count). The second-order valence-electron chi connectivity index (χ2n) is 3.22. The minimum atomic E-state index is -1.79. The Labute approximate surface area is 83.4 Å². The van der Waals surface area contributed by atoms with Gasteiger partial charge in [0.25, 0.3) is 0 Å². The Hall–Kier alpha value is -0.646. The minimum absolute atomic E-state index is 1.66. The first-order valence-corrected chi connectivity index (χ1v) is 10.1. The Morgan fingerprint density at radius 2 is 1.31 bits per heavy atom. The third-order valence-corrected chi connectivity index (χ3v) is 16.9. The first-order valence-electron chi connectivity index (χ1n) is 4.29. The molecule has 0 saturated carbocycles. The van der Waals surface area contributed by atoms with Crippen molar-refractivity contribution in [2.24, 2.45) is 0 Å². The predicted octanol–water partition coefficient (Wildman–Crippen LogP) is 2.21. The van der Waals surface area contributed by atoms with Crippen molar-refractivity contribution in [2.75, 3.05) is 7.05 Å². The summed E-state index contributed by atoms with van der Waals surface area (Å²) in [6, 6.07) is 0. The molecule has 0 heterocycles. The molecule has 0 aliphatic rings. The van der Waals surface area contributed by atoms with E-state index in [9.17, 15) is 0 Å². The Morgan fingerprint density at radius 3 is 1.38 bits per heavy atom. The summed E-state index contributed by atoms with van der Waals surface area (Å²) in [6.45, 7) is 17.8. The van der Waals surface area contributed by atoms with Crippen molar-refractivity contribution in [1.29, 1.82) is 0 Å². The van der Waals surface area contributed by atoms with Crippen LogP contribution in [0.15, 0.2) is 49.1 Å². The first-order chi connectivity index (χ1) is 6.05. The zero-order chi connectivity index (χ0) is 10.5. The van der Waals surface area contributed by atoms with Gasteiger partial charge >= 0.3 is 0 Å². The van der Waals surface area contributed by atoms with E-state index >= 15 is 0 Å². The highest BCUT2D eigenvalue weighted by atomic mass is 29.3. The highest BCUT2D eigenvalue weighted by molar-refractivity contribution is 7.48. The molecule has 0 spiro atoms. The van der Waals surface area contributed by atoms with E-state index in [1.807, 2.05) is 29.8 Å². The number of hydrogen-bond donors (Lipinski definition) is 1. The van der Waals surface area contributed by atoms with Crippen molar-refractivity contribution >= 4 is 15.3 Å². The molecule has 0 atom stereocenters. The quantitative estimate of drug-likeness (QED) is 0.662. The van der Waals surface area contributed by atoms with Crippen LogP contribution in [-0.4, -0.2) is 22.4 Å². The second kappa shape index (κ2) is 4.55. The van der Waals surface area contributed by atoms with Gasteiger partial charge in [-0.25, -0.2) is 0 Å². The van der Waals surface area contributed by atoms with E-state index in [-0.39, 0.29) is 0 Å². The van der Waals surface area contributed by atoms with Crippen LogP contribution in [0.3, 0.4) is 0 Å². The van der Waals surface area contributed by atoms with Gasteiger partial charge in [-0.3, -0.25) is 0 Å². The topological polar surface area (TPSA) is 12.0 Å². The maximum atomic E-state index is 3.90. The van der Waals surface area contributed by atoms with Gasteiger partial charge in [0.2, 0.25) is 0 Å². The van der Waals surface area contributed by atoms with Crippen molar-refractivity contribution in [1.82, 2.24) is 4.98 Å². The van der Waals surface area contributed by atoms with Crippen molar-refractivity contribution < 1.29 is 0 Å². The molecule has 13 heavy (non-hydrogen) atoms. The van der Waals surface area contributed by atoms with Gasteiger partial charge < -0.3 is 4.98 Å². The zero-order valence-corrected chi connectivity index (χ0v) is 10.6. The highest BCUT2D eigenvalue weighted by Crippen LogP contribution is 2.20. The molecule has 0 saturated heterocycles. The lowest BCUT2D eigenvalue weighted by atomic mass is 11.2. The van der Waals surface area contributed by atoms with Gasteiger partial charge in [0.1, 0.15) is 7.59 Å². The SMILES string of the molecule is C=C[Si](C)(C=C)[Si](C=C)(C=C)NC. The van der Waals surface area contributed by atoms with Crippen molar-refractivity contribution in [3.05, 3.63) is 49.1 Å². The molecule has 0 aliphatic heterocycles. The minimum Gasteiger partial charge on any atom is -0.335 e. The van der Waals surface area contributed by atoms with Gasteiger partial charge in [-0.2, -0.15) is 0 Å². The Morgan fingerprint density at radius 1 is 0.923 bits per heavy atom. The largest absolute Gasteiger partial charge is 0.335 e. The number of hydrogen-bond acceptors (Lipinski definition) is 1. The van der Waals surface area contributed by atoms with Crippen LogP contribution in [0.5, 0.6) is 0 Å². The summed E-state index contributed by atoms with van der Waals surface area (Å²) in [5.74, 6) is 0.